The van der Waals surface area contributed by atoms with Gasteiger partial charge in [0.2, 0.25) is 5.91 Å². The van der Waals surface area contributed by atoms with Crippen LogP contribution in [0.3, 0.4) is 0 Å². The third-order valence-corrected chi connectivity index (χ3v) is 4.46. The van der Waals surface area contributed by atoms with Crippen molar-refractivity contribution in [2.45, 2.75) is 6.92 Å². The number of carbonyl (C=O) groups excluding carboxylic acids is 1. The van der Waals surface area contributed by atoms with E-state index >= 15 is 0 Å². The van der Waals surface area contributed by atoms with E-state index in [1.807, 2.05) is 24.3 Å². The van der Waals surface area contributed by atoms with Crippen molar-refractivity contribution < 1.29 is 18.8 Å². The molecule has 0 saturated carbocycles. The van der Waals surface area contributed by atoms with E-state index in [4.69, 9.17) is 14.0 Å². The van der Waals surface area contributed by atoms with Gasteiger partial charge >= 0.3 is 0 Å². The van der Waals surface area contributed by atoms with Crippen LogP contribution in [0.25, 0.3) is 0 Å². The second-order valence-electron chi connectivity index (χ2n) is 6.51. The van der Waals surface area contributed by atoms with E-state index in [-0.39, 0.29) is 5.91 Å². The molecule has 1 aromatic heterocycles. The van der Waals surface area contributed by atoms with Gasteiger partial charge in [-0.3, -0.25) is 14.6 Å². The van der Waals surface area contributed by atoms with Gasteiger partial charge in [0.25, 0.3) is 0 Å². The number of rotatable bonds is 8. The van der Waals surface area contributed by atoms with Crippen molar-refractivity contribution in [1.29, 1.82) is 0 Å². The van der Waals surface area contributed by atoms with Gasteiger partial charge in [0, 0.05) is 38.8 Å². The quantitative estimate of drug-likeness (QED) is 0.752. The van der Waals surface area contributed by atoms with Crippen molar-refractivity contribution in [3.05, 3.63) is 36.1 Å². The number of nitrogens with one attached hydrogen (secondary N) is 1. The van der Waals surface area contributed by atoms with Gasteiger partial charge < -0.3 is 19.3 Å². The highest BCUT2D eigenvalue weighted by Gasteiger charge is 2.19. The van der Waals surface area contributed by atoms with Crippen LogP contribution in [-0.2, 0) is 4.79 Å². The molecule has 1 aromatic carbocycles. The first-order chi connectivity index (χ1) is 13.1. The number of benzene rings is 1. The average molecular weight is 374 g/mol. The maximum Gasteiger partial charge on any atom is 0.239 e. The summed E-state index contributed by atoms with van der Waals surface area (Å²) < 4.78 is 15.9. The van der Waals surface area contributed by atoms with Crippen molar-refractivity contribution in [3.8, 4) is 11.5 Å². The smallest absolute Gasteiger partial charge is 0.239 e. The Kier molecular flexibility index (Phi) is 6.67. The van der Waals surface area contributed by atoms with Crippen molar-refractivity contribution >= 4 is 11.7 Å². The zero-order valence-electron chi connectivity index (χ0n) is 15.8. The molecule has 8 heteroatoms. The number of ether oxygens (including phenoxy) is 2. The molecule has 0 bridgehead atoms. The summed E-state index contributed by atoms with van der Waals surface area (Å²) in [7, 11) is 1.65. The van der Waals surface area contributed by atoms with E-state index in [1.165, 1.54) is 0 Å². The predicted octanol–water partition coefficient (Wildman–Crippen LogP) is 1.63. The fraction of sp³-hybridized carbons (Fsp3) is 0.474. The first-order valence-electron chi connectivity index (χ1n) is 9.07. The van der Waals surface area contributed by atoms with Crippen molar-refractivity contribution in [1.82, 2.24) is 15.0 Å². The molecule has 1 fully saturated rings. The molecule has 0 unspecified atom stereocenters. The molecule has 0 radical (unpaired) electrons. The summed E-state index contributed by atoms with van der Waals surface area (Å²) in [4.78, 5) is 16.6. The number of hydrogen-bond donors (Lipinski definition) is 1. The number of amides is 1. The van der Waals surface area contributed by atoms with E-state index in [0.717, 1.165) is 44.2 Å². The first kappa shape index (κ1) is 19.2. The lowest BCUT2D eigenvalue weighted by Crippen LogP contribution is -2.49. The molecular weight excluding hydrogens is 348 g/mol. The third kappa shape index (κ3) is 5.97. The van der Waals surface area contributed by atoms with Crippen LogP contribution in [0.5, 0.6) is 11.5 Å². The minimum Gasteiger partial charge on any atom is -0.497 e. The van der Waals surface area contributed by atoms with E-state index in [0.29, 0.717) is 24.7 Å². The molecule has 2 aromatic rings. The maximum absolute atomic E-state index is 12.1. The molecule has 1 saturated heterocycles. The molecular formula is C19H26N4O4. The first-order valence-corrected chi connectivity index (χ1v) is 9.07. The largest absolute Gasteiger partial charge is 0.497 e. The van der Waals surface area contributed by atoms with E-state index < -0.39 is 0 Å². The van der Waals surface area contributed by atoms with Gasteiger partial charge in [-0.1, -0.05) is 5.16 Å². The summed E-state index contributed by atoms with van der Waals surface area (Å²) in [6.45, 7) is 7.21. The van der Waals surface area contributed by atoms with Gasteiger partial charge in [-0.2, -0.15) is 0 Å². The Bertz CT molecular complexity index is 724. The summed E-state index contributed by atoms with van der Waals surface area (Å²) in [5.41, 5.74) is 0. The standard InChI is InChI=1S/C19H26N4O4/c1-15-13-18(21-27-15)20-19(24)14-23-9-7-22(8-10-23)11-12-26-17-5-3-16(25-2)4-6-17/h3-6,13H,7-12,14H2,1-2H3,(H,20,21,24). The van der Waals surface area contributed by atoms with Crippen LogP contribution >= 0.6 is 0 Å². The molecule has 1 aliphatic rings. The van der Waals surface area contributed by atoms with Crippen LogP contribution in [0.1, 0.15) is 5.76 Å². The predicted molar refractivity (Wildman–Crippen MR) is 101 cm³/mol. The van der Waals surface area contributed by atoms with Crippen LogP contribution in [-0.4, -0.2) is 73.8 Å². The summed E-state index contributed by atoms with van der Waals surface area (Å²) in [6.07, 6.45) is 0. The highest BCUT2D eigenvalue weighted by atomic mass is 16.5. The fourth-order valence-electron chi connectivity index (χ4n) is 2.95. The highest BCUT2D eigenvalue weighted by Crippen LogP contribution is 2.17. The normalized spacial score (nSPS) is 15.5. The Hall–Kier alpha value is -2.58. The lowest BCUT2D eigenvalue weighted by Gasteiger charge is -2.34. The number of methoxy groups -OCH3 is 1. The molecule has 0 spiro atoms. The summed E-state index contributed by atoms with van der Waals surface area (Å²) in [5.74, 6) is 2.73. The van der Waals surface area contributed by atoms with E-state index in [9.17, 15) is 4.79 Å². The Morgan fingerprint density at radius 3 is 2.44 bits per heavy atom. The molecule has 1 N–H and O–H groups in total. The molecule has 0 aliphatic carbocycles. The highest BCUT2D eigenvalue weighted by molar-refractivity contribution is 5.91. The van der Waals surface area contributed by atoms with Gasteiger partial charge in [-0.05, 0) is 31.2 Å². The number of hydrogen-bond acceptors (Lipinski definition) is 7. The lowest BCUT2D eigenvalue weighted by atomic mass is 10.3. The second-order valence-corrected chi connectivity index (χ2v) is 6.51. The molecule has 27 heavy (non-hydrogen) atoms. The molecule has 146 valence electrons. The monoisotopic (exact) mass is 374 g/mol. The zero-order chi connectivity index (χ0) is 19.1. The summed E-state index contributed by atoms with van der Waals surface area (Å²) in [6, 6.07) is 9.30. The number of carbonyl (C=O) groups is 1. The lowest BCUT2D eigenvalue weighted by molar-refractivity contribution is -0.117. The van der Waals surface area contributed by atoms with Crippen molar-refractivity contribution in [2.75, 3.05) is 58.3 Å². The summed E-state index contributed by atoms with van der Waals surface area (Å²) in [5, 5.41) is 6.53. The second kappa shape index (κ2) is 9.38. The topological polar surface area (TPSA) is 80.1 Å². The molecule has 3 rings (SSSR count). The third-order valence-electron chi connectivity index (χ3n) is 4.46. The maximum atomic E-state index is 12.1. The fourth-order valence-corrected chi connectivity index (χ4v) is 2.95. The van der Waals surface area contributed by atoms with E-state index in [2.05, 4.69) is 20.3 Å². The van der Waals surface area contributed by atoms with Gasteiger partial charge in [0.1, 0.15) is 23.9 Å². The van der Waals surface area contributed by atoms with Gasteiger partial charge in [-0.25, -0.2) is 0 Å². The van der Waals surface area contributed by atoms with Crippen LogP contribution < -0.4 is 14.8 Å². The number of anilines is 1. The minimum absolute atomic E-state index is 0.0698. The van der Waals surface area contributed by atoms with Gasteiger partial charge in [0.15, 0.2) is 5.82 Å². The number of aromatic nitrogens is 1. The Balaban J connectivity index is 1.31. The number of nitrogens with zero attached hydrogens (tertiary/aromatic N) is 3. The Morgan fingerprint density at radius 1 is 1.15 bits per heavy atom. The number of piperazine rings is 1. The average Bonchev–Trinajstić information content (AvgIpc) is 3.08. The molecule has 0 atom stereocenters. The SMILES string of the molecule is COc1ccc(OCCN2CCN(CC(=O)Nc3cc(C)on3)CC2)cc1. The molecule has 2 heterocycles. The van der Waals surface area contributed by atoms with Gasteiger partial charge in [-0.15, -0.1) is 0 Å². The molecule has 1 amide bonds. The van der Waals surface area contributed by atoms with Crippen LogP contribution in [0.4, 0.5) is 5.82 Å². The van der Waals surface area contributed by atoms with Crippen molar-refractivity contribution in [3.63, 3.8) is 0 Å². The van der Waals surface area contributed by atoms with Crippen molar-refractivity contribution in [2.24, 2.45) is 0 Å². The Labute approximate surface area is 159 Å². The zero-order valence-corrected chi connectivity index (χ0v) is 15.8. The minimum atomic E-state index is -0.0698. The van der Waals surface area contributed by atoms with Crippen LogP contribution in [0, 0.1) is 6.92 Å². The Morgan fingerprint density at radius 2 is 1.81 bits per heavy atom. The van der Waals surface area contributed by atoms with E-state index in [1.54, 1.807) is 20.1 Å². The van der Waals surface area contributed by atoms with Gasteiger partial charge in [0.05, 0.1) is 13.7 Å². The van der Waals surface area contributed by atoms with Crippen LogP contribution in [0.15, 0.2) is 34.9 Å². The molecule has 8 nitrogen and oxygen atoms in total. The molecule has 1 aliphatic heterocycles. The van der Waals surface area contributed by atoms with Crippen LogP contribution in [0.2, 0.25) is 0 Å². The summed E-state index contributed by atoms with van der Waals surface area (Å²) >= 11 is 0. The number of aryl methyl sites for hydroxylation is 1.